The molecule has 0 bridgehead atoms. The van der Waals surface area contributed by atoms with Gasteiger partial charge in [-0.25, -0.2) is 9.55 Å². The largest absolute Gasteiger partial charge is 0.328 e. The van der Waals surface area contributed by atoms with E-state index in [0.717, 1.165) is 19.3 Å². The highest BCUT2D eigenvalue weighted by Gasteiger charge is 2.10. The summed E-state index contributed by atoms with van der Waals surface area (Å²) >= 11 is 0. The van der Waals surface area contributed by atoms with Crippen LogP contribution in [0.2, 0.25) is 0 Å². The minimum atomic E-state index is 0.327. The minimum absolute atomic E-state index is 0.327. The van der Waals surface area contributed by atoms with Crippen molar-refractivity contribution in [2.45, 2.75) is 51.5 Å². The Morgan fingerprint density at radius 3 is 3.00 bits per heavy atom. The molecule has 0 spiro atoms. The third-order valence-corrected chi connectivity index (χ3v) is 2.92. The van der Waals surface area contributed by atoms with Crippen LogP contribution >= 0.6 is 0 Å². The molecule has 0 aliphatic heterocycles. The molecule has 0 saturated carbocycles. The number of aromatic nitrogens is 2. The quantitative estimate of drug-likeness (QED) is 0.514. The van der Waals surface area contributed by atoms with Crippen molar-refractivity contribution in [3.8, 4) is 0 Å². The number of hydrogen-bond donors (Lipinski definition) is 2. The van der Waals surface area contributed by atoms with Crippen molar-refractivity contribution >= 4 is 6.20 Å². The number of nitrogens with two attached hydrogens (primary N) is 1. The maximum atomic E-state index is 6.07. The molecule has 3 nitrogen and oxygen atoms in total. The van der Waals surface area contributed by atoms with Gasteiger partial charge in [0.05, 0.1) is 12.6 Å². The van der Waals surface area contributed by atoms with Crippen LogP contribution in [-0.2, 0) is 6.42 Å². The fourth-order valence-corrected chi connectivity index (χ4v) is 1.87. The summed E-state index contributed by atoms with van der Waals surface area (Å²) in [6, 6.07) is 0.327. The minimum Gasteiger partial charge on any atom is -0.328 e. The smallest absolute Gasteiger partial charge is 0.258 e. The zero-order valence-corrected chi connectivity index (χ0v) is 10.3. The van der Waals surface area contributed by atoms with E-state index in [1.54, 1.807) is 0 Å². The van der Waals surface area contributed by atoms with Gasteiger partial charge in [0.1, 0.15) is 12.4 Å². The average molecular weight is 222 g/mol. The van der Waals surface area contributed by atoms with Crippen molar-refractivity contribution in [3.63, 3.8) is 0 Å². The van der Waals surface area contributed by atoms with E-state index in [-0.39, 0.29) is 0 Å². The molecule has 0 fully saturated rings. The van der Waals surface area contributed by atoms with E-state index in [4.69, 9.17) is 5.73 Å². The Bertz CT molecular complexity index is 304. The fourth-order valence-electron chi connectivity index (χ4n) is 1.87. The summed E-state index contributed by atoms with van der Waals surface area (Å²) < 4.78 is 2.01. The van der Waals surface area contributed by atoms with E-state index in [9.17, 15) is 0 Å². The highest BCUT2D eigenvalue weighted by molar-refractivity contribution is 4.98. The van der Waals surface area contributed by atoms with Crippen molar-refractivity contribution in [1.82, 2.24) is 4.98 Å². The second kappa shape index (κ2) is 7.23. The summed E-state index contributed by atoms with van der Waals surface area (Å²) in [7, 11) is 0. The first-order chi connectivity index (χ1) is 7.77. The standard InChI is InChI=1S/C13H23N3/c1-3-5-6-7-12(14)8-9-13-15-10-11-16(13)4-2/h4,10-12H,2-3,5-9,14H2,1H3/p+1. The number of H-pyrrole nitrogens is 1. The summed E-state index contributed by atoms with van der Waals surface area (Å²) in [6.07, 6.45) is 12.7. The highest BCUT2D eigenvalue weighted by Crippen LogP contribution is 2.06. The number of rotatable bonds is 8. The van der Waals surface area contributed by atoms with E-state index in [2.05, 4.69) is 18.5 Å². The second-order valence-electron chi connectivity index (χ2n) is 4.29. The van der Waals surface area contributed by atoms with Gasteiger partial charge in [-0.05, 0) is 12.8 Å². The van der Waals surface area contributed by atoms with Gasteiger partial charge >= 0.3 is 0 Å². The lowest BCUT2D eigenvalue weighted by atomic mass is 10.0. The predicted octanol–water partition coefficient (Wildman–Crippen LogP) is 2.24. The monoisotopic (exact) mass is 222 g/mol. The molecule has 1 unspecified atom stereocenters. The van der Waals surface area contributed by atoms with Crippen molar-refractivity contribution in [2.24, 2.45) is 5.73 Å². The van der Waals surface area contributed by atoms with Crippen LogP contribution in [0, 0.1) is 0 Å². The van der Waals surface area contributed by atoms with Gasteiger partial charge in [-0.3, -0.25) is 0 Å². The molecule has 0 saturated heterocycles. The van der Waals surface area contributed by atoms with Crippen molar-refractivity contribution in [3.05, 3.63) is 24.8 Å². The number of nitrogens with zero attached hydrogens (tertiary/aromatic N) is 1. The van der Waals surface area contributed by atoms with Gasteiger partial charge in [0.25, 0.3) is 5.82 Å². The van der Waals surface area contributed by atoms with Crippen LogP contribution in [0.1, 0.15) is 44.9 Å². The normalized spacial score (nSPS) is 12.6. The highest BCUT2D eigenvalue weighted by atomic mass is 15.0. The molecule has 0 aromatic carbocycles. The summed E-state index contributed by atoms with van der Waals surface area (Å²) in [5.74, 6) is 1.18. The lowest BCUT2D eigenvalue weighted by Crippen LogP contribution is -2.30. The Kier molecular flexibility index (Phi) is 5.86. The summed E-state index contributed by atoms with van der Waals surface area (Å²) in [6.45, 7) is 5.98. The summed E-state index contributed by atoms with van der Waals surface area (Å²) in [5, 5.41) is 0. The maximum absolute atomic E-state index is 6.07. The molecule has 3 N–H and O–H groups in total. The van der Waals surface area contributed by atoms with Gasteiger partial charge < -0.3 is 5.73 Å². The number of unbranched alkanes of at least 4 members (excludes halogenated alkanes) is 2. The molecule has 3 heteroatoms. The molecular formula is C13H24N3+. The van der Waals surface area contributed by atoms with Crippen LogP contribution < -0.4 is 10.3 Å². The Hall–Kier alpha value is -1.09. The first-order valence-electron chi connectivity index (χ1n) is 6.23. The lowest BCUT2D eigenvalue weighted by molar-refractivity contribution is -0.575. The molecule has 0 radical (unpaired) electrons. The third kappa shape index (κ3) is 4.19. The maximum Gasteiger partial charge on any atom is 0.258 e. The van der Waals surface area contributed by atoms with Gasteiger partial charge in [0.2, 0.25) is 0 Å². The molecule has 1 heterocycles. The van der Waals surface area contributed by atoms with Gasteiger partial charge in [0.15, 0.2) is 0 Å². The number of hydrogen-bond acceptors (Lipinski definition) is 1. The van der Waals surface area contributed by atoms with Crippen LogP contribution in [-0.4, -0.2) is 11.0 Å². The van der Waals surface area contributed by atoms with Crippen LogP contribution in [0.5, 0.6) is 0 Å². The van der Waals surface area contributed by atoms with E-state index >= 15 is 0 Å². The molecule has 16 heavy (non-hydrogen) atoms. The van der Waals surface area contributed by atoms with Gasteiger partial charge in [0, 0.05) is 6.04 Å². The molecule has 0 amide bonds. The van der Waals surface area contributed by atoms with Crippen LogP contribution in [0.25, 0.3) is 6.20 Å². The summed E-state index contributed by atoms with van der Waals surface area (Å²) in [5.41, 5.74) is 6.07. The number of nitrogens with one attached hydrogen (secondary N) is 1. The topological polar surface area (TPSA) is 45.7 Å². The van der Waals surface area contributed by atoms with Gasteiger partial charge in [-0.2, -0.15) is 0 Å². The molecule has 1 aromatic heterocycles. The Morgan fingerprint density at radius 1 is 1.50 bits per heavy atom. The van der Waals surface area contributed by atoms with Gasteiger partial charge in [-0.1, -0.05) is 32.8 Å². The summed E-state index contributed by atoms with van der Waals surface area (Å²) in [4.78, 5) is 3.22. The molecule has 0 aliphatic carbocycles. The Labute approximate surface area is 98.4 Å². The molecule has 1 aromatic rings. The Morgan fingerprint density at radius 2 is 2.31 bits per heavy atom. The molecule has 1 atom stereocenters. The number of imidazole rings is 1. The average Bonchev–Trinajstić information content (AvgIpc) is 2.74. The molecule has 1 rings (SSSR count). The SMILES string of the molecule is C=C[n+]1cc[nH]c1CCC(N)CCCCC. The number of aryl methyl sites for hydroxylation is 1. The second-order valence-corrected chi connectivity index (χ2v) is 4.29. The van der Waals surface area contributed by atoms with Crippen molar-refractivity contribution in [1.29, 1.82) is 0 Å². The fraction of sp³-hybridized carbons (Fsp3) is 0.615. The van der Waals surface area contributed by atoms with Crippen molar-refractivity contribution < 1.29 is 4.57 Å². The van der Waals surface area contributed by atoms with Crippen LogP contribution in [0.15, 0.2) is 19.0 Å². The van der Waals surface area contributed by atoms with E-state index < -0.39 is 0 Å². The predicted molar refractivity (Wildman–Crippen MR) is 67.8 cm³/mol. The Balaban J connectivity index is 2.25. The van der Waals surface area contributed by atoms with Crippen LogP contribution in [0.3, 0.4) is 0 Å². The lowest BCUT2D eigenvalue weighted by Gasteiger charge is -2.09. The molecular weight excluding hydrogens is 198 g/mol. The van der Waals surface area contributed by atoms with Gasteiger partial charge in [-0.15, -0.1) is 0 Å². The number of aromatic amines is 1. The van der Waals surface area contributed by atoms with E-state index in [0.29, 0.717) is 6.04 Å². The first kappa shape index (κ1) is 13.0. The van der Waals surface area contributed by atoms with E-state index in [1.807, 2.05) is 23.2 Å². The van der Waals surface area contributed by atoms with Crippen LogP contribution in [0.4, 0.5) is 0 Å². The zero-order chi connectivity index (χ0) is 11.8. The molecule has 0 aliphatic rings. The van der Waals surface area contributed by atoms with E-state index in [1.165, 1.54) is 25.1 Å². The zero-order valence-electron chi connectivity index (χ0n) is 10.3. The third-order valence-electron chi connectivity index (χ3n) is 2.92. The first-order valence-corrected chi connectivity index (χ1v) is 6.23. The molecule has 90 valence electrons. The van der Waals surface area contributed by atoms with Crippen molar-refractivity contribution in [2.75, 3.05) is 0 Å².